The summed E-state index contributed by atoms with van der Waals surface area (Å²) in [5.74, 6) is 0. The summed E-state index contributed by atoms with van der Waals surface area (Å²) >= 11 is 0. The molecule has 3 nitrogen and oxygen atoms in total. The largest absolute Gasteiger partial charge is 0.471 e. The molecule has 1 aliphatic heterocycles. The number of nitrogens with zero attached hydrogens (tertiary/aromatic N) is 1. The van der Waals surface area contributed by atoms with Gasteiger partial charge in [0.15, 0.2) is 0 Å². The van der Waals surface area contributed by atoms with E-state index in [0.29, 0.717) is 0 Å². The van der Waals surface area contributed by atoms with E-state index in [-0.39, 0.29) is 6.10 Å². The summed E-state index contributed by atoms with van der Waals surface area (Å²) < 4.78 is 5.33. The molecule has 3 heteroatoms. The summed E-state index contributed by atoms with van der Waals surface area (Å²) in [6.07, 6.45) is 4.23. The van der Waals surface area contributed by atoms with Crippen molar-refractivity contribution in [3.8, 4) is 11.1 Å². The van der Waals surface area contributed by atoms with Crippen LogP contribution in [0.4, 0.5) is 5.69 Å². The molecule has 0 aliphatic carbocycles. The third kappa shape index (κ3) is 2.20. The zero-order chi connectivity index (χ0) is 14.2. The van der Waals surface area contributed by atoms with Crippen LogP contribution in [0.15, 0.2) is 59.4 Å². The van der Waals surface area contributed by atoms with Crippen molar-refractivity contribution in [1.29, 1.82) is 0 Å². The molecule has 0 radical (unpaired) electrons. The molecule has 0 amide bonds. The van der Waals surface area contributed by atoms with E-state index in [1.165, 1.54) is 16.8 Å². The lowest BCUT2D eigenvalue weighted by Crippen LogP contribution is -2.20. The molecule has 1 N–H and O–H groups in total. The monoisotopic (exact) mass is 279 g/mol. The van der Waals surface area contributed by atoms with Gasteiger partial charge in [-0.05, 0) is 29.7 Å². The van der Waals surface area contributed by atoms with E-state index in [1.807, 2.05) is 0 Å². The predicted octanol–water partition coefficient (Wildman–Crippen LogP) is 3.67. The number of furan rings is 1. The van der Waals surface area contributed by atoms with Crippen LogP contribution in [0.5, 0.6) is 0 Å². The number of aliphatic hydroxyl groups is 1. The van der Waals surface area contributed by atoms with Crippen LogP contribution >= 0.6 is 0 Å². The Morgan fingerprint density at radius 2 is 2.00 bits per heavy atom. The first-order chi connectivity index (χ1) is 10.3. The van der Waals surface area contributed by atoms with Crippen LogP contribution in [-0.4, -0.2) is 24.3 Å². The summed E-state index contributed by atoms with van der Waals surface area (Å²) in [7, 11) is 0. The Morgan fingerprint density at radius 1 is 1.10 bits per heavy atom. The summed E-state index contributed by atoms with van der Waals surface area (Å²) in [6.45, 7) is 1.64. The van der Waals surface area contributed by atoms with Crippen molar-refractivity contribution in [3.63, 3.8) is 0 Å². The van der Waals surface area contributed by atoms with Crippen molar-refractivity contribution in [2.45, 2.75) is 12.5 Å². The van der Waals surface area contributed by atoms with Crippen molar-refractivity contribution in [1.82, 2.24) is 0 Å². The van der Waals surface area contributed by atoms with Crippen molar-refractivity contribution in [2.24, 2.45) is 0 Å². The van der Waals surface area contributed by atoms with Crippen LogP contribution < -0.4 is 4.90 Å². The van der Waals surface area contributed by atoms with Crippen LogP contribution in [0.1, 0.15) is 6.42 Å². The van der Waals surface area contributed by atoms with E-state index in [1.54, 1.807) is 12.5 Å². The number of rotatable bonds is 2. The zero-order valence-electron chi connectivity index (χ0n) is 11.7. The molecule has 1 fully saturated rings. The third-order valence-electron chi connectivity index (χ3n) is 4.21. The van der Waals surface area contributed by atoms with Gasteiger partial charge in [0.1, 0.15) is 0 Å². The van der Waals surface area contributed by atoms with Gasteiger partial charge in [-0.15, -0.1) is 0 Å². The van der Waals surface area contributed by atoms with E-state index in [9.17, 15) is 5.11 Å². The first kappa shape index (κ1) is 12.5. The highest BCUT2D eigenvalue weighted by Crippen LogP contribution is 2.32. The smallest absolute Gasteiger partial charge is 0.0987 e. The molecule has 0 bridgehead atoms. The Labute approximate surface area is 123 Å². The fourth-order valence-electron chi connectivity index (χ4n) is 3.09. The molecular weight excluding hydrogens is 262 g/mol. The van der Waals surface area contributed by atoms with Crippen molar-refractivity contribution in [3.05, 3.63) is 55.0 Å². The first-order valence-electron chi connectivity index (χ1n) is 7.29. The van der Waals surface area contributed by atoms with Gasteiger partial charge in [-0.25, -0.2) is 0 Å². The number of hydrogen-bond donors (Lipinski definition) is 1. The minimum absolute atomic E-state index is 0.203. The number of aliphatic hydroxyl groups excluding tert-OH is 1. The van der Waals surface area contributed by atoms with E-state index >= 15 is 0 Å². The standard InChI is InChI=1S/C18H17NO2/c20-16-7-8-19(10-16)15-5-1-3-13(9-15)17-6-2-4-14-11-21-12-18(14)17/h1-6,9,11-12,16,20H,7-8,10H2. The van der Waals surface area contributed by atoms with Crippen molar-refractivity contribution >= 4 is 16.5 Å². The van der Waals surface area contributed by atoms with Gasteiger partial charge in [0.2, 0.25) is 0 Å². The zero-order valence-corrected chi connectivity index (χ0v) is 11.7. The summed E-state index contributed by atoms with van der Waals surface area (Å²) in [5, 5.41) is 12.0. The minimum Gasteiger partial charge on any atom is -0.471 e. The molecular formula is C18H17NO2. The Bertz CT molecular complexity index is 777. The van der Waals surface area contributed by atoms with Crippen LogP contribution in [0.25, 0.3) is 21.9 Å². The topological polar surface area (TPSA) is 36.6 Å². The summed E-state index contributed by atoms with van der Waals surface area (Å²) in [6, 6.07) is 14.7. The molecule has 4 rings (SSSR count). The van der Waals surface area contributed by atoms with E-state index in [2.05, 4.69) is 47.4 Å². The van der Waals surface area contributed by atoms with Crippen LogP contribution in [-0.2, 0) is 0 Å². The van der Waals surface area contributed by atoms with Gasteiger partial charge in [-0.1, -0.05) is 30.3 Å². The third-order valence-corrected chi connectivity index (χ3v) is 4.21. The van der Waals surface area contributed by atoms with Gasteiger partial charge in [0, 0.05) is 29.5 Å². The Balaban J connectivity index is 1.77. The number of benzene rings is 2. The highest BCUT2D eigenvalue weighted by Gasteiger charge is 2.20. The quantitative estimate of drug-likeness (QED) is 0.777. The van der Waals surface area contributed by atoms with E-state index in [4.69, 9.17) is 4.42 Å². The molecule has 106 valence electrons. The van der Waals surface area contributed by atoms with Crippen molar-refractivity contribution in [2.75, 3.05) is 18.0 Å². The summed E-state index contributed by atoms with van der Waals surface area (Å²) in [4.78, 5) is 2.24. The number of anilines is 1. The van der Waals surface area contributed by atoms with Crippen LogP contribution in [0.3, 0.4) is 0 Å². The molecule has 0 spiro atoms. The number of fused-ring (bicyclic) bond motifs is 1. The Morgan fingerprint density at radius 3 is 2.86 bits per heavy atom. The number of hydrogen-bond acceptors (Lipinski definition) is 3. The second-order valence-corrected chi connectivity index (χ2v) is 5.62. The van der Waals surface area contributed by atoms with E-state index in [0.717, 1.165) is 30.3 Å². The molecule has 21 heavy (non-hydrogen) atoms. The normalized spacial score (nSPS) is 18.5. The second-order valence-electron chi connectivity index (χ2n) is 5.62. The molecule has 3 aromatic rings. The molecule has 0 saturated carbocycles. The maximum Gasteiger partial charge on any atom is 0.0987 e. The van der Waals surface area contributed by atoms with E-state index < -0.39 is 0 Å². The molecule has 1 saturated heterocycles. The average molecular weight is 279 g/mol. The maximum absolute atomic E-state index is 9.71. The van der Waals surface area contributed by atoms with Crippen molar-refractivity contribution < 1.29 is 9.52 Å². The lowest BCUT2D eigenvalue weighted by atomic mass is 10.0. The van der Waals surface area contributed by atoms with Gasteiger partial charge in [0.05, 0.1) is 18.6 Å². The lowest BCUT2D eigenvalue weighted by molar-refractivity contribution is 0.198. The van der Waals surface area contributed by atoms with Crippen LogP contribution in [0, 0.1) is 0 Å². The van der Waals surface area contributed by atoms with Gasteiger partial charge >= 0.3 is 0 Å². The van der Waals surface area contributed by atoms with Gasteiger partial charge in [-0.3, -0.25) is 0 Å². The molecule has 2 aromatic carbocycles. The lowest BCUT2D eigenvalue weighted by Gasteiger charge is -2.18. The molecule has 1 unspecified atom stereocenters. The average Bonchev–Trinajstić information content (AvgIpc) is 3.15. The number of β-amino-alcohol motifs (C(OH)–C–C–N with tert-alkyl or cyclic N) is 1. The van der Waals surface area contributed by atoms with Gasteiger partial charge in [-0.2, -0.15) is 0 Å². The summed E-state index contributed by atoms with van der Waals surface area (Å²) in [5.41, 5.74) is 3.54. The second kappa shape index (κ2) is 4.93. The minimum atomic E-state index is -0.203. The first-order valence-corrected chi connectivity index (χ1v) is 7.29. The predicted molar refractivity (Wildman–Crippen MR) is 84.5 cm³/mol. The molecule has 1 aliphatic rings. The Hall–Kier alpha value is -2.26. The fourth-order valence-corrected chi connectivity index (χ4v) is 3.09. The highest BCUT2D eigenvalue weighted by atomic mass is 16.3. The molecule has 1 atom stereocenters. The maximum atomic E-state index is 9.71. The highest BCUT2D eigenvalue weighted by molar-refractivity contribution is 5.96. The fraction of sp³-hybridized carbons (Fsp3) is 0.222. The SMILES string of the molecule is OC1CCN(c2cccc(-c3cccc4cocc34)c2)C1. The molecule has 2 heterocycles. The van der Waals surface area contributed by atoms with Gasteiger partial charge in [0.25, 0.3) is 0 Å². The Kier molecular flexibility index (Phi) is 2.93. The molecule has 1 aromatic heterocycles. The van der Waals surface area contributed by atoms with Crippen LogP contribution in [0.2, 0.25) is 0 Å². The van der Waals surface area contributed by atoms with Gasteiger partial charge < -0.3 is 14.4 Å².